The van der Waals surface area contributed by atoms with E-state index in [0.29, 0.717) is 18.5 Å². The van der Waals surface area contributed by atoms with Crippen molar-refractivity contribution in [1.82, 2.24) is 0 Å². The Hall–Kier alpha value is -2.34. The van der Waals surface area contributed by atoms with E-state index in [1.54, 1.807) is 26.2 Å². The third kappa shape index (κ3) is 4.83. The molecule has 0 aromatic heterocycles. The molecule has 0 unspecified atom stereocenters. The zero-order valence-corrected chi connectivity index (χ0v) is 14.6. The van der Waals surface area contributed by atoms with Crippen molar-refractivity contribution in [3.63, 3.8) is 0 Å². The van der Waals surface area contributed by atoms with Crippen molar-refractivity contribution >= 4 is 21.4 Å². The molecule has 5 nitrogen and oxygen atoms in total. The summed E-state index contributed by atoms with van der Waals surface area (Å²) in [5, 5.41) is 2.77. The summed E-state index contributed by atoms with van der Waals surface area (Å²) in [6.07, 6.45) is 0.938. The van der Waals surface area contributed by atoms with Crippen LogP contribution in [0.4, 0.5) is 5.69 Å². The number of nitrogens with one attached hydrogen (secondary N) is 1. The lowest BCUT2D eigenvalue weighted by atomic mass is 10.1. The summed E-state index contributed by atoms with van der Waals surface area (Å²) in [4.78, 5) is 12.3. The second kappa shape index (κ2) is 7.97. The van der Waals surface area contributed by atoms with Gasteiger partial charge in [-0.3, -0.25) is 4.79 Å². The lowest BCUT2D eigenvalue weighted by molar-refractivity contribution is -0.116. The highest BCUT2D eigenvalue weighted by Gasteiger charge is 2.11. The SMILES string of the molecule is CCS(=O)(=O)c1ccc(NC(=O)CCc2cccc(OC)c2)cc1. The Labute approximate surface area is 142 Å². The van der Waals surface area contributed by atoms with Crippen LogP contribution in [-0.4, -0.2) is 27.2 Å². The quantitative estimate of drug-likeness (QED) is 0.835. The Morgan fingerprint density at radius 2 is 1.83 bits per heavy atom. The van der Waals surface area contributed by atoms with Gasteiger partial charge in [-0.1, -0.05) is 19.1 Å². The summed E-state index contributed by atoms with van der Waals surface area (Å²) in [7, 11) is -1.62. The third-order valence-corrected chi connectivity index (χ3v) is 5.40. The first-order valence-electron chi connectivity index (χ1n) is 7.70. The van der Waals surface area contributed by atoms with E-state index in [9.17, 15) is 13.2 Å². The topological polar surface area (TPSA) is 72.5 Å². The fraction of sp³-hybridized carbons (Fsp3) is 0.278. The second-order valence-corrected chi connectivity index (χ2v) is 7.61. The maximum atomic E-state index is 12.0. The number of sulfone groups is 1. The van der Waals surface area contributed by atoms with Gasteiger partial charge >= 0.3 is 0 Å². The van der Waals surface area contributed by atoms with Crippen LogP contribution in [0.25, 0.3) is 0 Å². The van der Waals surface area contributed by atoms with Crippen molar-refractivity contribution in [1.29, 1.82) is 0 Å². The first kappa shape index (κ1) is 18.0. The van der Waals surface area contributed by atoms with Crippen molar-refractivity contribution in [2.24, 2.45) is 0 Å². The minimum Gasteiger partial charge on any atom is -0.497 e. The van der Waals surface area contributed by atoms with Crippen LogP contribution in [-0.2, 0) is 21.1 Å². The van der Waals surface area contributed by atoms with E-state index < -0.39 is 9.84 Å². The smallest absolute Gasteiger partial charge is 0.224 e. The monoisotopic (exact) mass is 347 g/mol. The number of hydrogen-bond acceptors (Lipinski definition) is 4. The zero-order chi connectivity index (χ0) is 17.6. The van der Waals surface area contributed by atoms with Gasteiger partial charge in [0.1, 0.15) is 5.75 Å². The van der Waals surface area contributed by atoms with Crippen LogP contribution >= 0.6 is 0 Å². The number of aryl methyl sites for hydroxylation is 1. The Kier molecular flexibility index (Phi) is 5.98. The van der Waals surface area contributed by atoms with Gasteiger partial charge in [0.05, 0.1) is 17.8 Å². The Morgan fingerprint density at radius 1 is 1.12 bits per heavy atom. The number of benzene rings is 2. The summed E-state index contributed by atoms with van der Waals surface area (Å²) < 4.78 is 28.7. The van der Waals surface area contributed by atoms with Crippen LogP contribution in [0.3, 0.4) is 0 Å². The fourth-order valence-corrected chi connectivity index (χ4v) is 3.11. The summed E-state index contributed by atoms with van der Waals surface area (Å²) >= 11 is 0. The van der Waals surface area contributed by atoms with Gasteiger partial charge in [0.15, 0.2) is 9.84 Å². The normalized spacial score (nSPS) is 11.1. The van der Waals surface area contributed by atoms with Crippen LogP contribution in [0.15, 0.2) is 53.4 Å². The predicted molar refractivity (Wildman–Crippen MR) is 94.1 cm³/mol. The summed E-state index contributed by atoms with van der Waals surface area (Å²) in [5.41, 5.74) is 1.61. The number of carbonyl (C=O) groups is 1. The molecule has 0 aliphatic rings. The molecular weight excluding hydrogens is 326 g/mol. The highest BCUT2D eigenvalue weighted by molar-refractivity contribution is 7.91. The molecule has 1 N–H and O–H groups in total. The van der Waals surface area contributed by atoms with Crippen LogP contribution in [0.1, 0.15) is 18.9 Å². The molecule has 2 aromatic carbocycles. The average Bonchev–Trinajstić information content (AvgIpc) is 2.60. The van der Waals surface area contributed by atoms with E-state index in [1.165, 1.54) is 12.1 Å². The van der Waals surface area contributed by atoms with Gasteiger partial charge in [-0.05, 0) is 48.4 Å². The largest absolute Gasteiger partial charge is 0.497 e. The fourth-order valence-electron chi connectivity index (χ4n) is 2.22. The molecule has 0 fully saturated rings. The highest BCUT2D eigenvalue weighted by atomic mass is 32.2. The number of anilines is 1. The molecule has 0 heterocycles. The molecular formula is C18H21NO4S. The number of rotatable bonds is 7. The Balaban J connectivity index is 1.92. The van der Waals surface area contributed by atoms with Crippen LogP contribution in [0.5, 0.6) is 5.75 Å². The molecule has 0 saturated heterocycles. The molecule has 128 valence electrons. The van der Waals surface area contributed by atoms with E-state index in [4.69, 9.17) is 4.74 Å². The maximum absolute atomic E-state index is 12.0. The van der Waals surface area contributed by atoms with Crippen molar-refractivity contribution in [2.75, 3.05) is 18.2 Å². The lowest BCUT2D eigenvalue weighted by Gasteiger charge is -2.07. The molecule has 2 rings (SSSR count). The van der Waals surface area contributed by atoms with E-state index in [-0.39, 0.29) is 16.6 Å². The number of methoxy groups -OCH3 is 1. The van der Waals surface area contributed by atoms with Crippen LogP contribution in [0.2, 0.25) is 0 Å². The van der Waals surface area contributed by atoms with Crippen LogP contribution < -0.4 is 10.1 Å². The Bertz CT molecular complexity index is 798. The standard InChI is InChI=1S/C18H21NO4S/c1-3-24(21,22)17-10-8-15(9-11-17)19-18(20)12-7-14-5-4-6-16(13-14)23-2/h4-6,8-11,13H,3,7,12H2,1-2H3,(H,19,20). The van der Waals surface area contributed by atoms with Gasteiger partial charge in [-0.15, -0.1) is 0 Å². The van der Waals surface area contributed by atoms with Gasteiger partial charge in [-0.2, -0.15) is 0 Å². The molecule has 24 heavy (non-hydrogen) atoms. The summed E-state index contributed by atoms with van der Waals surface area (Å²) in [6, 6.07) is 13.8. The van der Waals surface area contributed by atoms with Crippen molar-refractivity contribution in [2.45, 2.75) is 24.7 Å². The number of hydrogen-bond donors (Lipinski definition) is 1. The highest BCUT2D eigenvalue weighted by Crippen LogP contribution is 2.17. The second-order valence-electron chi connectivity index (χ2n) is 5.33. The molecule has 0 saturated carbocycles. The molecule has 0 aliphatic heterocycles. The van der Waals surface area contributed by atoms with Gasteiger partial charge in [0.25, 0.3) is 0 Å². The molecule has 0 bridgehead atoms. The van der Waals surface area contributed by atoms with Gasteiger partial charge in [0.2, 0.25) is 5.91 Å². The number of carbonyl (C=O) groups excluding carboxylic acids is 1. The first-order valence-corrected chi connectivity index (χ1v) is 9.35. The van der Waals surface area contributed by atoms with E-state index in [0.717, 1.165) is 11.3 Å². The number of amides is 1. The van der Waals surface area contributed by atoms with Gasteiger partial charge < -0.3 is 10.1 Å². The van der Waals surface area contributed by atoms with Crippen molar-refractivity contribution in [3.05, 3.63) is 54.1 Å². The minimum absolute atomic E-state index is 0.0548. The molecule has 0 spiro atoms. The molecule has 2 aromatic rings. The number of ether oxygens (including phenoxy) is 1. The third-order valence-electron chi connectivity index (χ3n) is 3.65. The maximum Gasteiger partial charge on any atom is 0.224 e. The van der Waals surface area contributed by atoms with Crippen molar-refractivity contribution < 1.29 is 17.9 Å². The molecule has 6 heteroatoms. The van der Waals surface area contributed by atoms with E-state index in [1.807, 2.05) is 24.3 Å². The van der Waals surface area contributed by atoms with E-state index >= 15 is 0 Å². The summed E-state index contributed by atoms with van der Waals surface area (Å²) in [6.45, 7) is 1.60. The predicted octanol–water partition coefficient (Wildman–Crippen LogP) is 3.06. The molecule has 0 radical (unpaired) electrons. The minimum atomic E-state index is -3.22. The average molecular weight is 347 g/mol. The zero-order valence-electron chi connectivity index (χ0n) is 13.8. The molecule has 0 atom stereocenters. The molecule has 0 aliphatic carbocycles. The molecule has 1 amide bonds. The van der Waals surface area contributed by atoms with Gasteiger partial charge in [0, 0.05) is 12.1 Å². The lowest BCUT2D eigenvalue weighted by Crippen LogP contribution is -2.12. The van der Waals surface area contributed by atoms with E-state index in [2.05, 4.69) is 5.32 Å². The first-order chi connectivity index (χ1) is 11.4. The van der Waals surface area contributed by atoms with Crippen molar-refractivity contribution in [3.8, 4) is 5.75 Å². The van der Waals surface area contributed by atoms with Gasteiger partial charge in [-0.25, -0.2) is 8.42 Å². The van der Waals surface area contributed by atoms with Crippen LogP contribution in [0, 0.1) is 0 Å². The summed E-state index contributed by atoms with van der Waals surface area (Å²) in [5.74, 6) is 0.698. The Morgan fingerprint density at radius 3 is 2.46 bits per heavy atom.